The molecule has 0 fully saturated rings. The summed E-state index contributed by atoms with van der Waals surface area (Å²) >= 11 is 0. The maximum absolute atomic E-state index is 5.94. The van der Waals surface area contributed by atoms with Gasteiger partial charge in [-0.05, 0) is 62.9 Å². The molecule has 2 unspecified atom stereocenters. The second-order valence-electron chi connectivity index (χ2n) is 5.29. The predicted molar refractivity (Wildman–Crippen MR) is 88.0 cm³/mol. The molecule has 0 aliphatic rings. The van der Waals surface area contributed by atoms with E-state index in [4.69, 9.17) is 16.2 Å². The Labute approximate surface area is 126 Å². The summed E-state index contributed by atoms with van der Waals surface area (Å²) in [5.74, 6) is 0.813. The normalized spacial score (nSPS) is 13.9. The molecule has 0 spiro atoms. The topological polar surface area (TPSA) is 64.5 Å². The van der Waals surface area contributed by atoms with Crippen LogP contribution in [0.1, 0.15) is 25.5 Å². The monoisotopic (exact) mass is 285 g/mol. The van der Waals surface area contributed by atoms with E-state index in [0.29, 0.717) is 0 Å². The summed E-state index contributed by atoms with van der Waals surface area (Å²) in [5, 5.41) is 0. The lowest BCUT2D eigenvalue weighted by Crippen LogP contribution is -2.35. The van der Waals surface area contributed by atoms with E-state index in [1.165, 1.54) is 5.56 Å². The van der Waals surface area contributed by atoms with Gasteiger partial charge < -0.3 is 16.2 Å². The van der Waals surface area contributed by atoms with Crippen LogP contribution in [-0.4, -0.2) is 18.2 Å². The van der Waals surface area contributed by atoms with Gasteiger partial charge in [-0.25, -0.2) is 0 Å². The van der Waals surface area contributed by atoms with Crippen molar-refractivity contribution in [3.05, 3.63) is 54.1 Å². The molecule has 0 amide bonds. The van der Waals surface area contributed by atoms with E-state index in [1.807, 2.05) is 62.5 Å². The van der Waals surface area contributed by atoms with E-state index in [9.17, 15) is 0 Å². The first kappa shape index (κ1) is 15.2. The first-order valence-corrected chi connectivity index (χ1v) is 7.07. The van der Waals surface area contributed by atoms with Gasteiger partial charge >= 0.3 is 0 Å². The molecule has 2 aromatic rings. The highest BCUT2D eigenvalue weighted by molar-refractivity contribution is 5.42. The molecule has 0 bridgehead atoms. The van der Waals surface area contributed by atoms with Crippen LogP contribution in [0.5, 0.6) is 5.75 Å². The molecule has 4 heteroatoms. The minimum Gasteiger partial charge on any atom is -0.475 e. The molecule has 0 aliphatic heterocycles. The highest BCUT2D eigenvalue weighted by Gasteiger charge is 2.18. The Kier molecular flexibility index (Phi) is 4.70. The Morgan fingerprint density at radius 1 is 0.857 bits per heavy atom. The van der Waals surface area contributed by atoms with Crippen LogP contribution < -0.4 is 16.2 Å². The molecule has 2 rings (SSSR count). The highest BCUT2D eigenvalue weighted by atomic mass is 16.5. The molecule has 2 atom stereocenters. The van der Waals surface area contributed by atoms with E-state index in [2.05, 4.69) is 11.8 Å². The number of hydrogen-bond acceptors (Lipinski definition) is 4. The van der Waals surface area contributed by atoms with Gasteiger partial charge in [-0.15, -0.1) is 0 Å². The Morgan fingerprint density at radius 2 is 1.33 bits per heavy atom. The fourth-order valence-electron chi connectivity index (χ4n) is 2.15. The fourth-order valence-corrected chi connectivity index (χ4v) is 2.15. The quantitative estimate of drug-likeness (QED) is 0.653. The molecule has 0 radical (unpaired) electrons. The number of hydrogen-bond donors (Lipinski definition) is 2. The van der Waals surface area contributed by atoms with Gasteiger partial charge in [0.2, 0.25) is 0 Å². The maximum atomic E-state index is 5.94. The average molecular weight is 285 g/mol. The number of nitrogens with two attached hydrogens (primary N) is 2. The lowest BCUT2D eigenvalue weighted by Gasteiger charge is -2.31. The van der Waals surface area contributed by atoms with E-state index < -0.39 is 0 Å². The van der Waals surface area contributed by atoms with Crippen LogP contribution in [0.3, 0.4) is 0 Å². The van der Waals surface area contributed by atoms with Gasteiger partial charge in [-0.3, -0.25) is 4.90 Å². The maximum Gasteiger partial charge on any atom is 0.150 e. The van der Waals surface area contributed by atoms with Crippen molar-refractivity contribution in [2.75, 3.05) is 18.5 Å². The third-order valence-corrected chi connectivity index (χ3v) is 3.79. The largest absolute Gasteiger partial charge is 0.475 e. The first-order valence-electron chi connectivity index (χ1n) is 7.07. The minimum atomic E-state index is -0.0545. The molecule has 0 aliphatic carbocycles. The van der Waals surface area contributed by atoms with Crippen LogP contribution in [0.4, 0.5) is 11.4 Å². The van der Waals surface area contributed by atoms with Gasteiger partial charge in [0, 0.05) is 17.4 Å². The van der Waals surface area contributed by atoms with Crippen molar-refractivity contribution in [2.45, 2.75) is 26.1 Å². The summed E-state index contributed by atoms with van der Waals surface area (Å²) in [6, 6.07) is 15.6. The third kappa shape index (κ3) is 3.89. The van der Waals surface area contributed by atoms with E-state index >= 15 is 0 Å². The van der Waals surface area contributed by atoms with Crippen LogP contribution in [0.2, 0.25) is 0 Å². The summed E-state index contributed by atoms with van der Waals surface area (Å²) in [7, 11) is 2.04. The van der Waals surface area contributed by atoms with Gasteiger partial charge in [0.25, 0.3) is 0 Å². The Bertz CT molecular complexity index is 566. The van der Waals surface area contributed by atoms with Crippen molar-refractivity contribution in [2.24, 2.45) is 0 Å². The molecule has 0 saturated carbocycles. The molecule has 0 heterocycles. The third-order valence-electron chi connectivity index (χ3n) is 3.79. The molecule has 0 aromatic heterocycles. The number of rotatable bonds is 5. The Hall–Kier alpha value is -2.20. The Morgan fingerprint density at radius 3 is 1.86 bits per heavy atom. The summed E-state index contributed by atoms with van der Waals surface area (Å²) in [5.41, 5.74) is 14.1. The molecule has 112 valence electrons. The lowest BCUT2D eigenvalue weighted by atomic mass is 10.1. The van der Waals surface area contributed by atoms with Gasteiger partial charge in [0.05, 0.1) is 0 Å². The molecule has 4 nitrogen and oxygen atoms in total. The van der Waals surface area contributed by atoms with Gasteiger partial charge in [0.1, 0.15) is 12.0 Å². The Balaban J connectivity index is 2.02. The van der Waals surface area contributed by atoms with E-state index in [-0.39, 0.29) is 12.3 Å². The minimum absolute atomic E-state index is 0.0545. The van der Waals surface area contributed by atoms with Crippen LogP contribution in [0.25, 0.3) is 0 Å². The summed E-state index contributed by atoms with van der Waals surface area (Å²) in [4.78, 5) is 2.17. The highest BCUT2D eigenvalue weighted by Crippen LogP contribution is 2.23. The number of nitrogens with zero attached hydrogens (tertiary/aromatic N) is 1. The van der Waals surface area contributed by atoms with Crippen LogP contribution in [0.15, 0.2) is 48.5 Å². The molecular formula is C17H23N3O. The molecule has 2 aromatic carbocycles. The van der Waals surface area contributed by atoms with Crippen molar-refractivity contribution in [1.29, 1.82) is 0 Å². The molecule has 21 heavy (non-hydrogen) atoms. The molecule has 0 saturated heterocycles. The van der Waals surface area contributed by atoms with E-state index in [0.717, 1.165) is 17.1 Å². The standard InChI is InChI=1S/C17H23N3O/c1-12(14-4-6-15(18)7-5-14)20(3)13(2)21-17-10-8-16(19)9-11-17/h4-13H,18-19H2,1-3H3. The van der Waals surface area contributed by atoms with Gasteiger partial charge in [-0.1, -0.05) is 12.1 Å². The average Bonchev–Trinajstić information content (AvgIpc) is 2.49. The van der Waals surface area contributed by atoms with Crippen LogP contribution in [-0.2, 0) is 0 Å². The van der Waals surface area contributed by atoms with Crippen molar-refractivity contribution >= 4 is 11.4 Å². The van der Waals surface area contributed by atoms with Crippen LogP contribution >= 0.6 is 0 Å². The zero-order chi connectivity index (χ0) is 15.4. The van der Waals surface area contributed by atoms with Crippen LogP contribution in [0, 0.1) is 0 Å². The van der Waals surface area contributed by atoms with Crippen molar-refractivity contribution in [3.8, 4) is 5.75 Å². The van der Waals surface area contributed by atoms with Crippen molar-refractivity contribution < 1.29 is 4.74 Å². The number of ether oxygens (including phenoxy) is 1. The first-order chi connectivity index (χ1) is 9.97. The lowest BCUT2D eigenvalue weighted by molar-refractivity contribution is 0.0332. The SMILES string of the molecule is CC(Oc1ccc(N)cc1)N(C)C(C)c1ccc(N)cc1. The predicted octanol–water partition coefficient (Wildman–Crippen LogP) is 3.27. The van der Waals surface area contributed by atoms with Gasteiger partial charge in [-0.2, -0.15) is 0 Å². The van der Waals surface area contributed by atoms with E-state index in [1.54, 1.807) is 0 Å². The smallest absolute Gasteiger partial charge is 0.150 e. The number of benzene rings is 2. The van der Waals surface area contributed by atoms with Crippen molar-refractivity contribution in [1.82, 2.24) is 4.90 Å². The zero-order valence-electron chi connectivity index (χ0n) is 12.8. The zero-order valence-corrected chi connectivity index (χ0v) is 12.8. The number of anilines is 2. The summed E-state index contributed by atoms with van der Waals surface area (Å²) in [6.07, 6.45) is -0.0545. The summed E-state index contributed by atoms with van der Waals surface area (Å²) < 4.78 is 5.94. The molecular weight excluding hydrogens is 262 g/mol. The second kappa shape index (κ2) is 6.50. The van der Waals surface area contributed by atoms with Gasteiger partial charge in [0.15, 0.2) is 0 Å². The second-order valence-corrected chi connectivity index (χ2v) is 5.29. The number of nitrogen functional groups attached to an aromatic ring is 2. The summed E-state index contributed by atoms with van der Waals surface area (Å²) in [6.45, 7) is 4.18. The fraction of sp³-hybridized carbons (Fsp3) is 0.294. The van der Waals surface area contributed by atoms with Crippen molar-refractivity contribution in [3.63, 3.8) is 0 Å². The molecule has 4 N–H and O–H groups in total.